The molecule has 4 heteroatoms. The summed E-state index contributed by atoms with van der Waals surface area (Å²) in [6.07, 6.45) is 4.60. The van der Waals surface area contributed by atoms with Crippen molar-refractivity contribution in [1.82, 2.24) is 5.32 Å². The van der Waals surface area contributed by atoms with E-state index in [1.54, 1.807) is 25.3 Å². The zero-order valence-corrected chi connectivity index (χ0v) is 11.6. The van der Waals surface area contributed by atoms with Crippen LogP contribution in [-0.2, 0) is 0 Å². The van der Waals surface area contributed by atoms with Crippen molar-refractivity contribution in [2.24, 2.45) is 5.92 Å². The molecule has 19 heavy (non-hydrogen) atoms. The van der Waals surface area contributed by atoms with Crippen LogP contribution in [-0.4, -0.2) is 19.1 Å². The third-order valence-corrected chi connectivity index (χ3v) is 3.77. The van der Waals surface area contributed by atoms with Crippen molar-refractivity contribution in [3.63, 3.8) is 0 Å². The summed E-state index contributed by atoms with van der Waals surface area (Å²) in [6.45, 7) is 2.24. The van der Waals surface area contributed by atoms with Gasteiger partial charge in [-0.2, -0.15) is 0 Å². The number of hydrogen-bond acceptors (Lipinski definition) is 3. The molecule has 1 aliphatic carbocycles. The van der Waals surface area contributed by atoms with Crippen LogP contribution in [0.5, 0.6) is 5.75 Å². The molecule has 1 saturated carbocycles. The van der Waals surface area contributed by atoms with Gasteiger partial charge in [-0.25, -0.2) is 0 Å². The van der Waals surface area contributed by atoms with Crippen LogP contribution < -0.4 is 15.8 Å². The molecule has 3 N–H and O–H groups in total. The first-order valence-electron chi connectivity index (χ1n) is 6.84. The molecule has 1 aromatic rings. The largest absolute Gasteiger partial charge is 0.495 e. The number of nitrogens with one attached hydrogen (secondary N) is 1. The van der Waals surface area contributed by atoms with Crippen LogP contribution in [0.25, 0.3) is 0 Å². The monoisotopic (exact) mass is 262 g/mol. The summed E-state index contributed by atoms with van der Waals surface area (Å²) < 4.78 is 5.14. The number of hydrogen-bond donors (Lipinski definition) is 2. The zero-order valence-electron chi connectivity index (χ0n) is 11.6. The summed E-state index contributed by atoms with van der Waals surface area (Å²) in [5, 5.41) is 3.10. The molecule has 104 valence electrons. The first kappa shape index (κ1) is 13.7. The Morgan fingerprint density at radius 1 is 1.42 bits per heavy atom. The SMILES string of the molecule is COc1cc(C(=O)NC2CCCC(C)C2)ccc1N. The molecular weight excluding hydrogens is 240 g/mol. The van der Waals surface area contributed by atoms with Crippen LogP contribution in [0.2, 0.25) is 0 Å². The molecule has 2 rings (SSSR count). The number of nitrogen functional groups attached to an aromatic ring is 1. The lowest BCUT2D eigenvalue weighted by Gasteiger charge is -2.27. The normalized spacial score (nSPS) is 22.8. The van der Waals surface area contributed by atoms with Gasteiger partial charge in [0, 0.05) is 11.6 Å². The molecule has 1 fully saturated rings. The highest BCUT2D eigenvalue weighted by molar-refractivity contribution is 5.95. The standard InChI is InChI=1S/C15H22N2O2/c1-10-4-3-5-12(8-10)17-15(18)11-6-7-13(16)14(9-11)19-2/h6-7,9-10,12H,3-5,8,16H2,1-2H3,(H,17,18). The predicted molar refractivity (Wildman–Crippen MR) is 76.3 cm³/mol. The highest BCUT2D eigenvalue weighted by Gasteiger charge is 2.21. The van der Waals surface area contributed by atoms with Gasteiger partial charge in [0.1, 0.15) is 5.75 Å². The van der Waals surface area contributed by atoms with Crippen molar-refractivity contribution >= 4 is 11.6 Å². The fraction of sp³-hybridized carbons (Fsp3) is 0.533. The molecule has 0 aliphatic heterocycles. The van der Waals surface area contributed by atoms with E-state index in [2.05, 4.69) is 12.2 Å². The summed E-state index contributed by atoms with van der Waals surface area (Å²) in [5.41, 5.74) is 6.89. The molecule has 2 atom stereocenters. The Morgan fingerprint density at radius 3 is 2.89 bits per heavy atom. The van der Waals surface area contributed by atoms with Crippen LogP contribution in [0, 0.1) is 5.92 Å². The Morgan fingerprint density at radius 2 is 2.21 bits per heavy atom. The number of ether oxygens (including phenoxy) is 1. The van der Waals surface area contributed by atoms with E-state index in [0.29, 0.717) is 29.0 Å². The summed E-state index contributed by atoms with van der Waals surface area (Å²) in [5.74, 6) is 1.20. The maximum Gasteiger partial charge on any atom is 0.251 e. The van der Waals surface area contributed by atoms with E-state index < -0.39 is 0 Å². The topological polar surface area (TPSA) is 64.3 Å². The van der Waals surface area contributed by atoms with Gasteiger partial charge < -0.3 is 15.8 Å². The van der Waals surface area contributed by atoms with Crippen LogP contribution in [0.4, 0.5) is 5.69 Å². The number of carbonyl (C=O) groups excluding carboxylic acids is 1. The second-order valence-corrected chi connectivity index (χ2v) is 5.40. The maximum atomic E-state index is 12.2. The van der Waals surface area contributed by atoms with Gasteiger partial charge in [-0.05, 0) is 37.0 Å². The third kappa shape index (κ3) is 3.40. The van der Waals surface area contributed by atoms with Crippen LogP contribution in [0.3, 0.4) is 0 Å². The molecule has 0 bridgehead atoms. The third-order valence-electron chi connectivity index (χ3n) is 3.77. The van der Waals surface area contributed by atoms with Crippen molar-refractivity contribution in [2.45, 2.75) is 38.6 Å². The van der Waals surface area contributed by atoms with Crippen LogP contribution in [0.1, 0.15) is 43.0 Å². The Labute approximate surface area is 114 Å². The second kappa shape index (κ2) is 5.95. The minimum Gasteiger partial charge on any atom is -0.495 e. The lowest BCUT2D eigenvalue weighted by Crippen LogP contribution is -2.37. The van der Waals surface area contributed by atoms with E-state index in [0.717, 1.165) is 12.8 Å². The molecule has 4 nitrogen and oxygen atoms in total. The fourth-order valence-electron chi connectivity index (χ4n) is 2.69. The molecule has 0 spiro atoms. The van der Waals surface area contributed by atoms with Gasteiger partial charge >= 0.3 is 0 Å². The molecule has 1 amide bonds. The Bertz CT molecular complexity index is 459. The fourth-order valence-corrected chi connectivity index (χ4v) is 2.69. The van der Waals surface area contributed by atoms with Crippen molar-refractivity contribution < 1.29 is 9.53 Å². The van der Waals surface area contributed by atoms with Gasteiger partial charge in [0.25, 0.3) is 5.91 Å². The van der Waals surface area contributed by atoms with Gasteiger partial charge in [0.15, 0.2) is 0 Å². The lowest BCUT2D eigenvalue weighted by molar-refractivity contribution is 0.0921. The van der Waals surface area contributed by atoms with Crippen molar-refractivity contribution in [3.05, 3.63) is 23.8 Å². The van der Waals surface area contributed by atoms with Gasteiger partial charge in [-0.3, -0.25) is 4.79 Å². The quantitative estimate of drug-likeness (QED) is 0.823. The highest BCUT2D eigenvalue weighted by atomic mass is 16.5. The number of carbonyl (C=O) groups is 1. The number of rotatable bonds is 3. The number of anilines is 1. The number of benzene rings is 1. The van der Waals surface area contributed by atoms with Gasteiger partial charge in [0.05, 0.1) is 12.8 Å². The van der Waals surface area contributed by atoms with E-state index in [-0.39, 0.29) is 5.91 Å². The zero-order chi connectivity index (χ0) is 13.8. The van der Waals surface area contributed by atoms with E-state index in [1.165, 1.54) is 12.8 Å². The van der Waals surface area contributed by atoms with Gasteiger partial charge in [-0.1, -0.05) is 19.8 Å². The van der Waals surface area contributed by atoms with Gasteiger partial charge in [0.2, 0.25) is 0 Å². The summed E-state index contributed by atoms with van der Waals surface area (Å²) in [6, 6.07) is 5.42. The predicted octanol–water partition coefficient (Wildman–Crippen LogP) is 2.59. The van der Waals surface area contributed by atoms with Crippen molar-refractivity contribution in [1.29, 1.82) is 0 Å². The molecule has 0 radical (unpaired) electrons. The van der Waals surface area contributed by atoms with Crippen molar-refractivity contribution in [2.75, 3.05) is 12.8 Å². The van der Waals surface area contributed by atoms with Gasteiger partial charge in [-0.15, -0.1) is 0 Å². The molecule has 0 saturated heterocycles. The van der Waals surface area contributed by atoms with E-state index in [9.17, 15) is 4.79 Å². The minimum atomic E-state index is -0.0441. The molecule has 1 aliphatic rings. The number of amides is 1. The summed E-state index contributed by atoms with van der Waals surface area (Å²) in [4.78, 5) is 12.2. The van der Waals surface area contributed by atoms with Crippen LogP contribution >= 0.6 is 0 Å². The Hall–Kier alpha value is -1.71. The van der Waals surface area contributed by atoms with E-state index in [4.69, 9.17) is 10.5 Å². The Kier molecular flexibility index (Phi) is 4.30. The summed E-state index contributed by atoms with van der Waals surface area (Å²) in [7, 11) is 1.55. The molecular formula is C15H22N2O2. The van der Waals surface area contributed by atoms with Crippen LogP contribution in [0.15, 0.2) is 18.2 Å². The molecule has 1 aromatic carbocycles. The molecule has 2 unspecified atom stereocenters. The van der Waals surface area contributed by atoms with E-state index in [1.807, 2.05) is 0 Å². The highest BCUT2D eigenvalue weighted by Crippen LogP contribution is 2.25. The number of nitrogens with two attached hydrogens (primary N) is 1. The first-order valence-corrected chi connectivity index (χ1v) is 6.84. The number of methoxy groups -OCH3 is 1. The molecule has 0 heterocycles. The minimum absolute atomic E-state index is 0.0441. The van der Waals surface area contributed by atoms with E-state index >= 15 is 0 Å². The maximum absolute atomic E-state index is 12.2. The first-order chi connectivity index (χ1) is 9.10. The average molecular weight is 262 g/mol. The lowest BCUT2D eigenvalue weighted by atomic mass is 9.87. The smallest absolute Gasteiger partial charge is 0.251 e. The van der Waals surface area contributed by atoms with Crippen molar-refractivity contribution in [3.8, 4) is 5.75 Å². The molecule has 0 aromatic heterocycles. The average Bonchev–Trinajstić information content (AvgIpc) is 2.39. The Balaban J connectivity index is 2.03. The second-order valence-electron chi connectivity index (χ2n) is 5.40. The summed E-state index contributed by atoms with van der Waals surface area (Å²) >= 11 is 0.